The number of halogens is 1. The Morgan fingerprint density at radius 2 is 1.62 bits per heavy atom. The molecule has 1 fully saturated rings. The highest BCUT2D eigenvalue weighted by atomic mass is 35.5. The van der Waals surface area contributed by atoms with Gasteiger partial charge in [-0.3, -0.25) is 9.69 Å². The zero-order valence-electron chi connectivity index (χ0n) is 40.2. The lowest BCUT2D eigenvalue weighted by atomic mass is 9.95. The molecule has 0 unspecified atom stereocenters. The molecule has 1 aromatic heterocycles. The lowest BCUT2D eigenvalue weighted by Gasteiger charge is -2.38. The molecule has 3 aromatic carbocycles. The summed E-state index contributed by atoms with van der Waals surface area (Å²) in [6.45, 7) is 11.0. The first-order valence-corrected chi connectivity index (χ1v) is 23.8. The van der Waals surface area contributed by atoms with E-state index < -0.39 is 54.4 Å². The summed E-state index contributed by atoms with van der Waals surface area (Å²) in [6, 6.07) is 23.8. The van der Waals surface area contributed by atoms with Crippen LogP contribution in [-0.4, -0.2) is 129 Å². The molecule has 5 rings (SSSR count). The molecule has 19 heteroatoms. The average Bonchev–Trinajstić information content (AvgIpc) is 3.31. The largest absolute Gasteiger partial charge is 0.444 e. The lowest BCUT2D eigenvalue weighted by Crippen LogP contribution is -2.54. The summed E-state index contributed by atoms with van der Waals surface area (Å²) in [6.07, 6.45) is -2.52. The van der Waals surface area contributed by atoms with Crippen molar-refractivity contribution in [2.24, 2.45) is 5.92 Å². The second kappa shape index (κ2) is 26.4. The number of unbranched alkanes of at least 4 members (excludes halogenated alkanes) is 3. The Morgan fingerprint density at radius 3 is 2.32 bits per heavy atom. The number of rotatable bonds is 23. The van der Waals surface area contributed by atoms with Crippen LogP contribution in [0.4, 0.5) is 21.2 Å². The Balaban J connectivity index is 1.20. The van der Waals surface area contributed by atoms with Crippen molar-refractivity contribution in [3.63, 3.8) is 0 Å². The first-order chi connectivity index (χ1) is 32.9. The van der Waals surface area contributed by atoms with Gasteiger partial charge in [-0.25, -0.2) is 19.6 Å². The number of nitrogens with zero attached hydrogens (tertiary/aromatic N) is 4. The molecular formula is C50H69ClN8O10. The number of carbonyl (C=O) groups is 3. The van der Waals surface area contributed by atoms with E-state index in [4.69, 9.17) is 42.0 Å². The lowest BCUT2D eigenvalue weighted by molar-refractivity contribution is -0.283. The summed E-state index contributed by atoms with van der Waals surface area (Å²) >= 11 is 6.05. The number of nitrogens with one attached hydrogen (secondary N) is 2. The molecule has 6 atom stereocenters. The van der Waals surface area contributed by atoms with Crippen molar-refractivity contribution in [3.05, 3.63) is 112 Å². The zero-order valence-corrected chi connectivity index (χ0v) is 40.9. The Bertz CT molecular complexity index is 2250. The fraction of sp³-hybridized carbons (Fsp3) is 0.500. The van der Waals surface area contributed by atoms with Crippen LogP contribution in [0, 0.1) is 12.8 Å². The molecule has 1 saturated heterocycles. The Labute approximate surface area is 409 Å². The molecule has 0 saturated carbocycles. The molecule has 0 aliphatic carbocycles. The van der Waals surface area contributed by atoms with Gasteiger partial charge < -0.3 is 61.3 Å². The zero-order chi connectivity index (χ0) is 50.1. The SMILES string of the molecule is CCCCCCN(CCNC(=O)Oc1ccc(CN(C[C@@H](CNC(=O)c2nc(Cl)c(N)nc2N)Cc2ccccc2C)C(=O)OC(C)(C)C)cc1)C[C@H](O)[C@@H](O)[C@@H]1O[C@H](c2ccccc2)OC[C@H]1O. The van der Waals surface area contributed by atoms with Gasteiger partial charge in [-0.05, 0) is 81.8 Å². The maximum absolute atomic E-state index is 13.8. The first-order valence-electron chi connectivity index (χ1n) is 23.4. The second-order valence-corrected chi connectivity index (χ2v) is 18.7. The van der Waals surface area contributed by atoms with Crippen LogP contribution >= 0.6 is 11.6 Å². The van der Waals surface area contributed by atoms with E-state index in [1.807, 2.05) is 66.4 Å². The first kappa shape index (κ1) is 54.3. The molecule has 0 bridgehead atoms. The quantitative estimate of drug-likeness (QED) is 0.0434. The van der Waals surface area contributed by atoms with E-state index in [9.17, 15) is 29.7 Å². The van der Waals surface area contributed by atoms with Gasteiger partial charge in [0.05, 0.1) is 12.7 Å². The molecule has 1 aliphatic heterocycles. The summed E-state index contributed by atoms with van der Waals surface area (Å²) in [5.74, 6) is -0.912. The third-order valence-corrected chi connectivity index (χ3v) is 11.7. The molecule has 9 N–H and O–H groups in total. The van der Waals surface area contributed by atoms with E-state index in [0.29, 0.717) is 19.5 Å². The van der Waals surface area contributed by atoms with Crippen LogP contribution < -0.4 is 26.8 Å². The summed E-state index contributed by atoms with van der Waals surface area (Å²) < 4.78 is 23.0. The van der Waals surface area contributed by atoms with Crippen molar-refractivity contribution < 1.29 is 48.7 Å². The number of benzene rings is 3. The Morgan fingerprint density at radius 1 is 0.913 bits per heavy atom. The van der Waals surface area contributed by atoms with Gasteiger partial charge in [-0.1, -0.05) is 105 Å². The number of amides is 3. The fourth-order valence-corrected chi connectivity index (χ4v) is 7.89. The minimum Gasteiger partial charge on any atom is -0.444 e. The number of carbonyl (C=O) groups excluding carboxylic acids is 3. The second-order valence-electron chi connectivity index (χ2n) is 18.3. The monoisotopic (exact) mass is 976 g/mol. The van der Waals surface area contributed by atoms with Crippen LogP contribution in [0.2, 0.25) is 5.15 Å². The number of aliphatic hydroxyl groups excluding tert-OH is 3. The van der Waals surface area contributed by atoms with E-state index in [2.05, 4.69) is 27.5 Å². The highest BCUT2D eigenvalue weighted by Gasteiger charge is 2.40. The third-order valence-electron chi connectivity index (χ3n) is 11.4. The normalized spacial score (nSPS) is 17.4. The van der Waals surface area contributed by atoms with Crippen LogP contribution in [-0.2, 0) is 27.2 Å². The number of ether oxygens (including phenoxy) is 4. The van der Waals surface area contributed by atoms with Crippen LogP contribution in [0.25, 0.3) is 0 Å². The molecular weight excluding hydrogens is 908 g/mol. The van der Waals surface area contributed by atoms with Crippen molar-refractivity contribution in [1.29, 1.82) is 0 Å². The molecule has 69 heavy (non-hydrogen) atoms. The van der Waals surface area contributed by atoms with Gasteiger partial charge >= 0.3 is 12.2 Å². The van der Waals surface area contributed by atoms with Crippen LogP contribution in [0.3, 0.4) is 0 Å². The van der Waals surface area contributed by atoms with E-state index in [0.717, 1.165) is 47.9 Å². The number of hydrogen-bond donors (Lipinski definition) is 7. The number of nitrogens with two attached hydrogens (primary N) is 2. The Hall–Kier alpha value is -5.60. The molecule has 0 radical (unpaired) electrons. The van der Waals surface area contributed by atoms with E-state index >= 15 is 0 Å². The fourth-order valence-electron chi connectivity index (χ4n) is 7.76. The number of nitrogen functional groups attached to an aromatic ring is 2. The highest BCUT2D eigenvalue weighted by molar-refractivity contribution is 6.31. The summed E-state index contributed by atoms with van der Waals surface area (Å²) in [7, 11) is 0. The molecule has 18 nitrogen and oxygen atoms in total. The highest BCUT2D eigenvalue weighted by Crippen LogP contribution is 2.29. The number of hydrogen-bond acceptors (Lipinski definition) is 15. The minimum atomic E-state index is -1.41. The topological polar surface area (TPSA) is 257 Å². The number of aryl methyl sites for hydroxylation is 1. The van der Waals surface area contributed by atoms with Crippen molar-refractivity contribution in [1.82, 2.24) is 30.4 Å². The number of aromatic nitrogens is 2. The molecule has 376 valence electrons. The van der Waals surface area contributed by atoms with E-state index in [1.165, 1.54) is 0 Å². The Kier molecular flexibility index (Phi) is 20.8. The molecule has 3 amide bonds. The van der Waals surface area contributed by atoms with Crippen LogP contribution in [0.15, 0.2) is 78.9 Å². The van der Waals surface area contributed by atoms with Crippen molar-refractivity contribution in [2.75, 3.05) is 57.3 Å². The third kappa shape index (κ3) is 17.4. The maximum Gasteiger partial charge on any atom is 0.412 e. The van der Waals surface area contributed by atoms with Gasteiger partial charge in [0.2, 0.25) is 0 Å². The van der Waals surface area contributed by atoms with Crippen LogP contribution in [0.1, 0.15) is 92.4 Å². The van der Waals surface area contributed by atoms with Gasteiger partial charge in [-0.2, -0.15) is 0 Å². The van der Waals surface area contributed by atoms with Gasteiger partial charge in [-0.15, -0.1) is 0 Å². The number of aliphatic hydroxyl groups is 3. The van der Waals surface area contributed by atoms with Gasteiger partial charge in [0, 0.05) is 44.8 Å². The van der Waals surface area contributed by atoms with Crippen molar-refractivity contribution in [2.45, 2.75) is 110 Å². The van der Waals surface area contributed by atoms with Gasteiger partial charge in [0.1, 0.15) is 29.7 Å². The molecule has 0 spiro atoms. The standard InChI is InChI=1S/C50H69ClN8O10/c1-6-7-8-14-24-58(30-38(60)41(62)42-39(61)31-66-47(68-42)35-16-10-9-11-17-35)25-23-54-48(64)67-37-21-19-33(20-22-37)28-59(49(65)69-50(3,4)5)29-34(26-36-18-13-12-15-32(36)2)27-55-46(63)40-44(52)57-45(53)43(51)56-40/h9-13,15-22,34,38-39,41-42,47,60-62H,6-8,14,23-31H2,1-5H3,(H,54,64)(H,55,63)(H4,52,53,57)/t34-,38+,39-,41-,42-,47-/m1/s1. The summed E-state index contributed by atoms with van der Waals surface area (Å²) in [5, 5.41) is 38.5. The molecule has 4 aromatic rings. The predicted octanol–water partition coefficient (Wildman–Crippen LogP) is 5.80. The number of anilines is 2. The molecule has 1 aliphatic rings. The van der Waals surface area contributed by atoms with Gasteiger partial charge in [0.15, 0.2) is 28.8 Å². The summed E-state index contributed by atoms with van der Waals surface area (Å²) in [4.78, 5) is 51.6. The van der Waals surface area contributed by atoms with E-state index in [1.54, 1.807) is 49.9 Å². The summed E-state index contributed by atoms with van der Waals surface area (Å²) in [5.41, 5.74) is 14.2. The van der Waals surface area contributed by atoms with Crippen molar-refractivity contribution >= 4 is 41.3 Å². The smallest absolute Gasteiger partial charge is 0.412 e. The van der Waals surface area contributed by atoms with Crippen LogP contribution in [0.5, 0.6) is 5.75 Å². The van der Waals surface area contributed by atoms with Crippen molar-refractivity contribution in [3.8, 4) is 5.75 Å². The average molecular weight is 978 g/mol. The molecule has 2 heterocycles. The van der Waals surface area contributed by atoms with E-state index in [-0.39, 0.29) is 73.5 Å². The van der Waals surface area contributed by atoms with Gasteiger partial charge in [0.25, 0.3) is 5.91 Å². The predicted molar refractivity (Wildman–Crippen MR) is 262 cm³/mol. The maximum atomic E-state index is 13.8. The minimum absolute atomic E-state index is 0.0663.